The quantitative estimate of drug-likeness (QED) is 0.719. The topological polar surface area (TPSA) is 33.3 Å². The summed E-state index contributed by atoms with van der Waals surface area (Å²) in [4.78, 5) is 0. The normalized spacial score (nSPS) is 17.3. The Balaban J connectivity index is 1.66. The molecule has 2 heterocycles. The number of alkyl halides is 3. The van der Waals surface area contributed by atoms with E-state index in [1.165, 1.54) is 23.3 Å². The zero-order valence-electron chi connectivity index (χ0n) is 16.7. The molecule has 4 rings (SSSR count). The molecule has 6 heteroatoms. The standard InChI is InChI=1S/C24H25F3N2O/c25-24(26,27)22-3-1-2-4-23(22)30-16-20-15-19(17-7-11-28-12-8-17)5-6-21(20)18-9-13-29-14-10-18/h1-7,9,15,28-29H,8,10-14,16H2. The Morgan fingerprint density at radius 2 is 1.57 bits per heavy atom. The van der Waals surface area contributed by atoms with Gasteiger partial charge in [-0.05, 0) is 72.0 Å². The second kappa shape index (κ2) is 9.06. The van der Waals surface area contributed by atoms with E-state index in [2.05, 4.69) is 41.0 Å². The van der Waals surface area contributed by atoms with E-state index < -0.39 is 11.7 Å². The number of hydrogen-bond donors (Lipinski definition) is 2. The second-order valence-electron chi connectivity index (χ2n) is 7.52. The molecule has 2 aliphatic heterocycles. The van der Waals surface area contributed by atoms with Crippen molar-refractivity contribution in [1.82, 2.24) is 10.6 Å². The molecular weight excluding hydrogens is 389 g/mol. The molecule has 0 unspecified atom stereocenters. The third kappa shape index (κ3) is 4.77. The SMILES string of the molecule is FC(F)(F)c1ccccc1OCc1cc(C2=CCNCC2)ccc1C1=CCNCC1. The van der Waals surface area contributed by atoms with Gasteiger partial charge in [-0.25, -0.2) is 0 Å². The summed E-state index contributed by atoms with van der Waals surface area (Å²) in [6, 6.07) is 11.7. The average molecular weight is 414 g/mol. The predicted molar refractivity (Wildman–Crippen MR) is 113 cm³/mol. The monoisotopic (exact) mass is 414 g/mol. The van der Waals surface area contributed by atoms with E-state index in [-0.39, 0.29) is 12.4 Å². The molecule has 0 saturated carbocycles. The minimum Gasteiger partial charge on any atom is -0.488 e. The molecule has 3 nitrogen and oxygen atoms in total. The van der Waals surface area contributed by atoms with Gasteiger partial charge in [0, 0.05) is 13.1 Å². The van der Waals surface area contributed by atoms with Crippen LogP contribution in [-0.2, 0) is 12.8 Å². The lowest BCUT2D eigenvalue weighted by Crippen LogP contribution is -2.21. The summed E-state index contributed by atoms with van der Waals surface area (Å²) >= 11 is 0. The van der Waals surface area contributed by atoms with Crippen LogP contribution in [0.1, 0.15) is 35.1 Å². The molecule has 2 aromatic rings. The molecule has 0 saturated heterocycles. The maximum Gasteiger partial charge on any atom is 0.419 e. The minimum absolute atomic E-state index is 0.0898. The van der Waals surface area contributed by atoms with Gasteiger partial charge in [0.15, 0.2) is 0 Å². The molecule has 2 aliphatic rings. The van der Waals surface area contributed by atoms with E-state index in [1.807, 2.05) is 0 Å². The van der Waals surface area contributed by atoms with Crippen LogP contribution in [0.3, 0.4) is 0 Å². The maximum atomic E-state index is 13.3. The first-order valence-corrected chi connectivity index (χ1v) is 10.2. The molecule has 0 spiro atoms. The largest absolute Gasteiger partial charge is 0.488 e. The second-order valence-corrected chi connectivity index (χ2v) is 7.52. The van der Waals surface area contributed by atoms with Gasteiger partial charge in [-0.1, -0.05) is 36.4 Å². The van der Waals surface area contributed by atoms with Crippen LogP contribution in [0.4, 0.5) is 13.2 Å². The van der Waals surface area contributed by atoms with E-state index in [4.69, 9.17) is 4.74 Å². The fourth-order valence-electron chi connectivity index (χ4n) is 3.96. The first kappa shape index (κ1) is 20.7. The van der Waals surface area contributed by atoms with Gasteiger partial charge in [-0.2, -0.15) is 13.2 Å². The van der Waals surface area contributed by atoms with Crippen molar-refractivity contribution >= 4 is 11.1 Å². The number of halogens is 3. The number of hydrogen-bond acceptors (Lipinski definition) is 3. The summed E-state index contributed by atoms with van der Waals surface area (Å²) in [5.41, 5.74) is 4.80. The average Bonchev–Trinajstić information content (AvgIpc) is 2.78. The molecule has 0 atom stereocenters. The Bertz CT molecular complexity index is 963. The van der Waals surface area contributed by atoms with Crippen molar-refractivity contribution in [1.29, 1.82) is 0 Å². The van der Waals surface area contributed by atoms with Gasteiger partial charge in [0.25, 0.3) is 0 Å². The zero-order chi connectivity index (χ0) is 21.0. The van der Waals surface area contributed by atoms with E-state index in [0.29, 0.717) is 0 Å². The van der Waals surface area contributed by atoms with E-state index in [9.17, 15) is 13.2 Å². The highest BCUT2D eigenvalue weighted by Gasteiger charge is 2.34. The summed E-state index contributed by atoms with van der Waals surface area (Å²) < 4.78 is 45.8. The summed E-state index contributed by atoms with van der Waals surface area (Å²) in [7, 11) is 0. The van der Waals surface area contributed by atoms with Crippen LogP contribution in [0.15, 0.2) is 54.6 Å². The number of rotatable bonds is 5. The lowest BCUT2D eigenvalue weighted by molar-refractivity contribution is -0.139. The molecule has 0 fully saturated rings. The van der Waals surface area contributed by atoms with Crippen molar-refractivity contribution in [3.8, 4) is 5.75 Å². The van der Waals surface area contributed by atoms with Crippen LogP contribution >= 0.6 is 0 Å². The highest BCUT2D eigenvalue weighted by Crippen LogP contribution is 2.37. The molecule has 158 valence electrons. The number of benzene rings is 2. The van der Waals surface area contributed by atoms with Crippen LogP contribution in [0.5, 0.6) is 5.75 Å². The van der Waals surface area contributed by atoms with Crippen molar-refractivity contribution in [2.24, 2.45) is 0 Å². The van der Waals surface area contributed by atoms with Crippen molar-refractivity contribution in [2.45, 2.75) is 25.6 Å². The van der Waals surface area contributed by atoms with Crippen LogP contribution in [0, 0.1) is 0 Å². The van der Waals surface area contributed by atoms with Gasteiger partial charge < -0.3 is 15.4 Å². The molecule has 0 bridgehead atoms. The van der Waals surface area contributed by atoms with Gasteiger partial charge in [0.1, 0.15) is 12.4 Å². The summed E-state index contributed by atoms with van der Waals surface area (Å²) in [5.74, 6) is -0.137. The highest BCUT2D eigenvalue weighted by molar-refractivity contribution is 5.74. The third-order valence-corrected chi connectivity index (χ3v) is 5.53. The zero-order valence-corrected chi connectivity index (χ0v) is 16.7. The Kier molecular flexibility index (Phi) is 6.25. The van der Waals surface area contributed by atoms with Crippen LogP contribution in [-0.4, -0.2) is 26.2 Å². The van der Waals surface area contributed by atoms with Crippen molar-refractivity contribution in [3.63, 3.8) is 0 Å². The van der Waals surface area contributed by atoms with Crippen molar-refractivity contribution in [3.05, 3.63) is 76.9 Å². The number of nitrogens with one attached hydrogen (secondary N) is 2. The Morgan fingerprint density at radius 1 is 0.867 bits per heavy atom. The number of para-hydroxylation sites is 1. The molecule has 0 aromatic heterocycles. The molecule has 0 aliphatic carbocycles. The Morgan fingerprint density at radius 3 is 2.23 bits per heavy atom. The van der Waals surface area contributed by atoms with Gasteiger partial charge in [-0.15, -0.1) is 0 Å². The van der Waals surface area contributed by atoms with Crippen LogP contribution in [0.25, 0.3) is 11.1 Å². The molecule has 0 amide bonds. The van der Waals surface area contributed by atoms with Gasteiger partial charge in [-0.3, -0.25) is 0 Å². The fourth-order valence-corrected chi connectivity index (χ4v) is 3.96. The van der Waals surface area contributed by atoms with Crippen LogP contribution < -0.4 is 15.4 Å². The van der Waals surface area contributed by atoms with Crippen molar-refractivity contribution in [2.75, 3.05) is 26.2 Å². The molecule has 2 N–H and O–H groups in total. The van der Waals surface area contributed by atoms with Crippen molar-refractivity contribution < 1.29 is 17.9 Å². The fraction of sp³-hybridized carbons (Fsp3) is 0.333. The molecule has 0 radical (unpaired) electrons. The smallest absolute Gasteiger partial charge is 0.419 e. The van der Waals surface area contributed by atoms with E-state index in [0.717, 1.165) is 61.8 Å². The lowest BCUT2D eigenvalue weighted by atomic mass is 9.91. The predicted octanol–water partition coefficient (Wildman–Crippen LogP) is 5.04. The van der Waals surface area contributed by atoms with E-state index in [1.54, 1.807) is 6.07 Å². The molecule has 30 heavy (non-hydrogen) atoms. The van der Waals surface area contributed by atoms with E-state index >= 15 is 0 Å². The highest BCUT2D eigenvalue weighted by atomic mass is 19.4. The summed E-state index contributed by atoms with van der Waals surface area (Å²) in [5, 5.41) is 6.61. The summed E-state index contributed by atoms with van der Waals surface area (Å²) in [6.45, 7) is 3.53. The lowest BCUT2D eigenvalue weighted by Gasteiger charge is -2.21. The van der Waals surface area contributed by atoms with Gasteiger partial charge in [0.05, 0.1) is 5.56 Å². The molecule has 2 aromatic carbocycles. The molecular formula is C24H25F3N2O. The Labute approximate surface area is 174 Å². The van der Waals surface area contributed by atoms with Crippen LogP contribution in [0.2, 0.25) is 0 Å². The van der Waals surface area contributed by atoms with Gasteiger partial charge >= 0.3 is 6.18 Å². The maximum absolute atomic E-state index is 13.3. The number of ether oxygens (including phenoxy) is 1. The van der Waals surface area contributed by atoms with Gasteiger partial charge in [0.2, 0.25) is 0 Å². The third-order valence-electron chi connectivity index (χ3n) is 5.53. The minimum atomic E-state index is -4.45. The first-order chi connectivity index (χ1) is 14.5. The first-order valence-electron chi connectivity index (χ1n) is 10.2. The Hall–Kier alpha value is -2.57. The summed E-state index contributed by atoms with van der Waals surface area (Å²) in [6.07, 6.45) is 1.70.